The number of aromatic nitrogens is 3. The highest BCUT2D eigenvalue weighted by Gasteiger charge is 2.22. The van der Waals surface area contributed by atoms with E-state index in [4.69, 9.17) is 0 Å². The van der Waals surface area contributed by atoms with E-state index in [1.54, 1.807) is 24.3 Å². The molecule has 0 radical (unpaired) electrons. The molecule has 0 spiro atoms. The molecule has 2 aromatic heterocycles. The maximum absolute atomic E-state index is 14.4. The highest BCUT2D eigenvalue weighted by molar-refractivity contribution is 5.94. The molecule has 0 aliphatic heterocycles. The number of carbonyl (C=O) groups is 1. The molecular weight excluding hydrogens is 379 g/mol. The summed E-state index contributed by atoms with van der Waals surface area (Å²) in [4.78, 5) is 17.6. The fourth-order valence-corrected chi connectivity index (χ4v) is 3.18. The summed E-state index contributed by atoms with van der Waals surface area (Å²) in [6.07, 6.45) is 0. The van der Waals surface area contributed by atoms with Gasteiger partial charge in [-0.15, -0.1) is 0 Å². The van der Waals surface area contributed by atoms with E-state index in [0.717, 1.165) is 11.3 Å². The molecule has 30 heavy (non-hydrogen) atoms. The third-order valence-electron chi connectivity index (χ3n) is 4.87. The summed E-state index contributed by atoms with van der Waals surface area (Å²) >= 11 is 0. The lowest BCUT2D eigenvalue weighted by molar-refractivity contribution is 0.0943. The average molecular weight is 402 g/mol. The van der Waals surface area contributed by atoms with Crippen LogP contribution in [0.15, 0.2) is 66.7 Å². The summed E-state index contributed by atoms with van der Waals surface area (Å²) in [6.45, 7) is 6.51. The second-order valence-corrected chi connectivity index (χ2v) is 8.22. The van der Waals surface area contributed by atoms with Crippen molar-refractivity contribution in [2.75, 3.05) is 0 Å². The van der Waals surface area contributed by atoms with Gasteiger partial charge in [0.05, 0.1) is 11.4 Å². The Bertz CT molecular complexity index is 1210. The average Bonchev–Trinajstić information content (AvgIpc) is 3.17. The number of nitrogens with zero attached hydrogens (tertiary/aromatic N) is 3. The van der Waals surface area contributed by atoms with Gasteiger partial charge in [-0.1, -0.05) is 63.2 Å². The van der Waals surface area contributed by atoms with Crippen molar-refractivity contribution in [1.29, 1.82) is 0 Å². The van der Waals surface area contributed by atoms with E-state index in [2.05, 4.69) is 15.4 Å². The van der Waals surface area contributed by atoms with Crippen LogP contribution in [-0.4, -0.2) is 20.5 Å². The summed E-state index contributed by atoms with van der Waals surface area (Å²) in [7, 11) is 0. The van der Waals surface area contributed by atoms with Crippen molar-refractivity contribution in [3.63, 3.8) is 0 Å². The fraction of sp³-hybridized carbons (Fsp3) is 0.208. The van der Waals surface area contributed by atoms with E-state index in [1.807, 2.05) is 57.2 Å². The maximum atomic E-state index is 14.4. The molecule has 1 amide bonds. The Morgan fingerprint density at radius 3 is 2.43 bits per heavy atom. The lowest BCUT2D eigenvalue weighted by atomic mass is 9.93. The third-order valence-corrected chi connectivity index (χ3v) is 4.87. The topological polar surface area (TPSA) is 59.3 Å². The number of benzene rings is 2. The van der Waals surface area contributed by atoms with Crippen LogP contribution in [0, 0.1) is 5.82 Å². The SMILES string of the molecule is CC(C)(C)c1cc2nc(-c3ccccc3F)cc(C(=O)NCc3ccccc3)n2n1. The third kappa shape index (κ3) is 3.94. The van der Waals surface area contributed by atoms with Crippen LogP contribution in [0.25, 0.3) is 16.9 Å². The standard InChI is InChI=1S/C24H23FN4O/c1-24(2,3)21-14-22-27-19(17-11-7-8-12-18(17)25)13-20(29(22)28-21)23(30)26-15-16-9-5-4-6-10-16/h4-14H,15H2,1-3H3,(H,26,30). The van der Waals surface area contributed by atoms with Crippen molar-refractivity contribution in [2.45, 2.75) is 32.7 Å². The minimum Gasteiger partial charge on any atom is -0.347 e. The number of amides is 1. The first-order valence-electron chi connectivity index (χ1n) is 9.81. The highest BCUT2D eigenvalue weighted by Crippen LogP contribution is 2.26. The summed E-state index contributed by atoms with van der Waals surface area (Å²) in [5, 5.41) is 7.54. The summed E-state index contributed by atoms with van der Waals surface area (Å²) in [5.41, 5.74) is 3.12. The van der Waals surface area contributed by atoms with Crippen LogP contribution in [0.4, 0.5) is 4.39 Å². The van der Waals surface area contributed by atoms with E-state index in [-0.39, 0.29) is 17.1 Å². The summed E-state index contributed by atoms with van der Waals surface area (Å²) in [6, 6.07) is 19.5. The first-order chi connectivity index (χ1) is 14.3. The van der Waals surface area contributed by atoms with Gasteiger partial charge in [-0.2, -0.15) is 5.10 Å². The molecule has 0 bridgehead atoms. The molecule has 2 heterocycles. The van der Waals surface area contributed by atoms with Crippen molar-refractivity contribution < 1.29 is 9.18 Å². The minimum atomic E-state index is -0.388. The van der Waals surface area contributed by atoms with E-state index in [1.165, 1.54) is 10.6 Å². The molecule has 0 saturated carbocycles. The first kappa shape index (κ1) is 19.8. The predicted molar refractivity (Wildman–Crippen MR) is 115 cm³/mol. The molecule has 6 heteroatoms. The van der Waals surface area contributed by atoms with Crippen LogP contribution in [0.2, 0.25) is 0 Å². The molecule has 0 aliphatic rings. The quantitative estimate of drug-likeness (QED) is 0.535. The van der Waals surface area contributed by atoms with Crippen LogP contribution in [-0.2, 0) is 12.0 Å². The Kier molecular flexibility index (Phi) is 5.08. The number of rotatable bonds is 4. The van der Waals surface area contributed by atoms with Gasteiger partial charge in [0.25, 0.3) is 5.91 Å². The smallest absolute Gasteiger partial charge is 0.270 e. The molecule has 0 unspecified atom stereocenters. The Morgan fingerprint density at radius 1 is 1.03 bits per heavy atom. The highest BCUT2D eigenvalue weighted by atomic mass is 19.1. The van der Waals surface area contributed by atoms with Gasteiger partial charge in [-0.25, -0.2) is 13.9 Å². The van der Waals surface area contributed by atoms with Crippen LogP contribution in [0.1, 0.15) is 42.5 Å². The summed E-state index contributed by atoms with van der Waals surface area (Å²) in [5.74, 6) is -0.687. The number of nitrogens with one attached hydrogen (secondary N) is 1. The van der Waals surface area contributed by atoms with Gasteiger partial charge in [0.1, 0.15) is 11.5 Å². The molecule has 0 atom stereocenters. The molecule has 1 N–H and O–H groups in total. The Morgan fingerprint density at radius 2 is 1.73 bits per heavy atom. The Balaban J connectivity index is 1.80. The second kappa shape index (κ2) is 7.71. The van der Waals surface area contributed by atoms with Crippen molar-refractivity contribution in [2.24, 2.45) is 0 Å². The van der Waals surface area contributed by atoms with Crippen LogP contribution < -0.4 is 5.32 Å². The zero-order valence-corrected chi connectivity index (χ0v) is 17.2. The van der Waals surface area contributed by atoms with Crippen molar-refractivity contribution >= 4 is 11.6 Å². The predicted octanol–water partition coefficient (Wildman–Crippen LogP) is 4.76. The van der Waals surface area contributed by atoms with Gasteiger partial charge in [-0.3, -0.25) is 4.79 Å². The van der Waals surface area contributed by atoms with Crippen LogP contribution in [0.3, 0.4) is 0 Å². The minimum absolute atomic E-state index is 0.219. The Labute approximate surface area is 174 Å². The van der Waals surface area contributed by atoms with Gasteiger partial charge < -0.3 is 5.32 Å². The molecule has 2 aromatic carbocycles. The Hall–Kier alpha value is -3.54. The normalized spacial score (nSPS) is 11.6. The molecule has 5 nitrogen and oxygen atoms in total. The van der Waals surface area contributed by atoms with Gasteiger partial charge in [0.15, 0.2) is 5.65 Å². The second-order valence-electron chi connectivity index (χ2n) is 8.22. The largest absolute Gasteiger partial charge is 0.347 e. The lowest BCUT2D eigenvalue weighted by Crippen LogP contribution is -2.26. The van der Waals surface area contributed by atoms with E-state index in [9.17, 15) is 9.18 Å². The number of hydrogen-bond acceptors (Lipinski definition) is 3. The van der Waals surface area contributed by atoms with Crippen molar-refractivity contribution in [3.05, 3.63) is 89.5 Å². The maximum Gasteiger partial charge on any atom is 0.270 e. The van der Waals surface area contributed by atoms with Crippen LogP contribution >= 0.6 is 0 Å². The summed E-state index contributed by atoms with van der Waals surface area (Å²) < 4.78 is 15.9. The van der Waals surface area contributed by atoms with Crippen molar-refractivity contribution in [3.8, 4) is 11.3 Å². The van der Waals surface area contributed by atoms with Gasteiger partial charge in [0, 0.05) is 23.6 Å². The number of carbonyl (C=O) groups excluding carboxylic acids is 1. The molecular formula is C24H23FN4O. The molecule has 0 aliphatic carbocycles. The fourth-order valence-electron chi connectivity index (χ4n) is 3.18. The van der Waals surface area contributed by atoms with Crippen molar-refractivity contribution in [1.82, 2.24) is 19.9 Å². The molecule has 4 aromatic rings. The molecule has 0 fully saturated rings. The number of fused-ring (bicyclic) bond motifs is 1. The first-order valence-corrected chi connectivity index (χ1v) is 9.81. The van der Waals surface area contributed by atoms with E-state index >= 15 is 0 Å². The van der Waals surface area contributed by atoms with Gasteiger partial charge in [0.2, 0.25) is 0 Å². The zero-order chi connectivity index (χ0) is 21.3. The molecule has 152 valence electrons. The van der Waals surface area contributed by atoms with E-state index < -0.39 is 0 Å². The lowest BCUT2D eigenvalue weighted by Gasteiger charge is -2.13. The van der Waals surface area contributed by atoms with Crippen LogP contribution in [0.5, 0.6) is 0 Å². The molecule has 4 rings (SSSR count). The van der Waals surface area contributed by atoms with Gasteiger partial charge in [-0.05, 0) is 23.8 Å². The zero-order valence-electron chi connectivity index (χ0n) is 17.2. The molecule has 0 saturated heterocycles. The number of halogens is 1. The monoisotopic (exact) mass is 402 g/mol. The number of hydrogen-bond donors (Lipinski definition) is 1. The van der Waals surface area contributed by atoms with Gasteiger partial charge >= 0.3 is 0 Å². The van der Waals surface area contributed by atoms with E-state index in [0.29, 0.717) is 29.1 Å².